The lowest BCUT2D eigenvalue weighted by atomic mass is 9.88. The quantitative estimate of drug-likeness (QED) is 0.545. The summed E-state index contributed by atoms with van der Waals surface area (Å²) in [5.41, 5.74) is 4.70. The summed E-state index contributed by atoms with van der Waals surface area (Å²) >= 11 is 0. The monoisotopic (exact) mass is 428 g/mol. The van der Waals surface area contributed by atoms with Gasteiger partial charge in [-0.15, -0.1) is 0 Å². The number of nitrogens with one attached hydrogen (secondary N) is 2. The number of allylic oxidation sites excluding steroid dienone is 2. The summed E-state index contributed by atoms with van der Waals surface area (Å²) in [7, 11) is 0.703. The lowest BCUT2D eigenvalue weighted by molar-refractivity contribution is -0.136. The Labute approximate surface area is 181 Å². The van der Waals surface area contributed by atoms with Crippen LogP contribution < -0.4 is 10.0 Å². The van der Waals surface area contributed by atoms with Crippen molar-refractivity contribution in [3.8, 4) is 0 Å². The third-order valence-corrected chi connectivity index (χ3v) is 7.32. The second-order valence-electron chi connectivity index (χ2n) is 8.07. The van der Waals surface area contributed by atoms with Gasteiger partial charge in [-0.25, -0.2) is 8.93 Å². The number of aliphatic carboxylic acids is 1. The fourth-order valence-corrected chi connectivity index (χ4v) is 5.55. The zero-order chi connectivity index (χ0) is 21.5. The Morgan fingerprint density at radius 2 is 2.10 bits per heavy atom. The van der Waals surface area contributed by atoms with Crippen molar-refractivity contribution in [1.29, 1.82) is 0 Å². The van der Waals surface area contributed by atoms with Crippen molar-refractivity contribution in [3.63, 3.8) is 0 Å². The van der Waals surface area contributed by atoms with Crippen LogP contribution in [0.4, 0.5) is 0 Å². The van der Waals surface area contributed by atoms with Crippen LogP contribution in [-0.2, 0) is 15.8 Å². The average molecular weight is 429 g/mol. The molecule has 0 radical (unpaired) electrons. The fourth-order valence-electron chi connectivity index (χ4n) is 4.27. The average Bonchev–Trinajstić information content (AvgIpc) is 2.74. The molecule has 0 aromatic heterocycles. The molecule has 2 aliphatic rings. The fraction of sp³-hybridized carbons (Fsp3) is 0.458. The topological polar surface area (TPSA) is 78.4 Å². The molecule has 1 aromatic carbocycles. The lowest BCUT2D eigenvalue weighted by Gasteiger charge is -2.30. The van der Waals surface area contributed by atoms with Gasteiger partial charge in [-0.3, -0.25) is 4.79 Å². The third-order valence-electron chi connectivity index (χ3n) is 5.86. The van der Waals surface area contributed by atoms with Crippen molar-refractivity contribution in [2.45, 2.75) is 62.7 Å². The second kappa shape index (κ2) is 10.7. The molecule has 30 heavy (non-hydrogen) atoms. The van der Waals surface area contributed by atoms with Gasteiger partial charge in [-0.2, -0.15) is 0 Å². The number of hydrogen-bond donors (Lipinski definition) is 3. The molecule has 0 fully saturated rings. The molecule has 0 bridgehead atoms. The Morgan fingerprint density at radius 3 is 2.77 bits per heavy atom. The van der Waals surface area contributed by atoms with E-state index in [4.69, 9.17) is 5.11 Å². The number of hydrogen-bond acceptors (Lipinski definition) is 3. The smallest absolute Gasteiger partial charge is 0.307 e. The van der Waals surface area contributed by atoms with Gasteiger partial charge in [0.1, 0.15) is 0 Å². The zero-order valence-corrected chi connectivity index (χ0v) is 18.6. The Hall–Kier alpha value is -2.18. The minimum atomic E-state index is -1.18. The van der Waals surface area contributed by atoms with Crippen LogP contribution >= 0.6 is 0 Å². The van der Waals surface area contributed by atoms with Gasteiger partial charge in [0.15, 0.2) is 0 Å². The van der Waals surface area contributed by atoms with Gasteiger partial charge in [0, 0.05) is 24.7 Å². The second-order valence-corrected chi connectivity index (χ2v) is 9.50. The third kappa shape index (κ3) is 5.92. The summed E-state index contributed by atoms with van der Waals surface area (Å²) < 4.78 is 16.4. The van der Waals surface area contributed by atoms with Crippen molar-refractivity contribution in [1.82, 2.24) is 10.0 Å². The predicted molar refractivity (Wildman–Crippen MR) is 122 cm³/mol. The SMILES string of the molecule is CNC1=C(/C=C\CC(=O)O)C(NS(=O)C2C=CC(c3cccc(C)c3)CC2)CCC1. The molecule has 4 unspecified atom stereocenters. The van der Waals surface area contributed by atoms with E-state index in [1.807, 2.05) is 13.1 Å². The first-order valence-electron chi connectivity index (χ1n) is 10.7. The van der Waals surface area contributed by atoms with Gasteiger partial charge < -0.3 is 10.4 Å². The van der Waals surface area contributed by atoms with Crippen molar-refractivity contribution in [3.05, 3.63) is 71.0 Å². The summed E-state index contributed by atoms with van der Waals surface area (Å²) in [5, 5.41) is 12.1. The van der Waals surface area contributed by atoms with E-state index in [-0.39, 0.29) is 17.7 Å². The van der Waals surface area contributed by atoms with E-state index in [1.54, 1.807) is 6.08 Å². The normalized spacial score (nSPS) is 25.5. The van der Waals surface area contributed by atoms with Gasteiger partial charge in [0.2, 0.25) is 0 Å². The van der Waals surface area contributed by atoms with Gasteiger partial charge in [0.25, 0.3) is 0 Å². The Bertz CT molecular complexity index is 875. The Balaban J connectivity index is 1.66. The van der Waals surface area contributed by atoms with Crippen LogP contribution in [0.25, 0.3) is 0 Å². The standard InChI is InChI=1S/C24H32N2O3S/c1-17-6-3-7-19(16-17)18-12-14-20(15-13-18)30(29)26-23-10-5-9-22(25-2)21(23)8-4-11-24(27)28/h3-4,6-8,12,14,16,18,20,23,25-26H,5,9-11,13,15H2,1-2H3,(H,27,28)/b8-4-. The van der Waals surface area contributed by atoms with Gasteiger partial charge in [-0.1, -0.05) is 54.1 Å². The molecule has 0 aliphatic heterocycles. The van der Waals surface area contributed by atoms with Gasteiger partial charge in [0.05, 0.1) is 22.7 Å². The highest BCUT2D eigenvalue weighted by atomic mass is 32.2. The van der Waals surface area contributed by atoms with Crippen molar-refractivity contribution >= 4 is 17.0 Å². The predicted octanol–water partition coefficient (Wildman–Crippen LogP) is 4.11. The lowest BCUT2D eigenvalue weighted by Crippen LogP contribution is -2.40. The van der Waals surface area contributed by atoms with Gasteiger partial charge >= 0.3 is 5.97 Å². The van der Waals surface area contributed by atoms with Crippen LogP contribution in [0.5, 0.6) is 0 Å². The van der Waals surface area contributed by atoms with E-state index in [9.17, 15) is 9.00 Å². The molecule has 0 spiro atoms. The number of benzene rings is 1. The molecule has 3 rings (SSSR count). The first-order valence-corrected chi connectivity index (χ1v) is 11.9. The van der Waals surface area contributed by atoms with E-state index < -0.39 is 17.0 Å². The van der Waals surface area contributed by atoms with E-state index >= 15 is 0 Å². The molecule has 0 saturated carbocycles. The van der Waals surface area contributed by atoms with E-state index in [0.29, 0.717) is 5.92 Å². The van der Waals surface area contributed by atoms with Crippen molar-refractivity contribution < 1.29 is 14.1 Å². The van der Waals surface area contributed by atoms with Gasteiger partial charge in [-0.05, 0) is 50.2 Å². The Morgan fingerprint density at radius 1 is 1.27 bits per heavy atom. The highest BCUT2D eigenvalue weighted by Gasteiger charge is 2.27. The summed E-state index contributed by atoms with van der Waals surface area (Å²) in [4.78, 5) is 10.9. The molecule has 162 valence electrons. The summed E-state index contributed by atoms with van der Waals surface area (Å²) in [6, 6.07) is 8.57. The molecule has 5 nitrogen and oxygen atoms in total. The van der Waals surface area contributed by atoms with E-state index in [1.165, 1.54) is 11.1 Å². The molecular weight excluding hydrogens is 396 g/mol. The highest BCUT2D eigenvalue weighted by Crippen LogP contribution is 2.31. The maximum Gasteiger partial charge on any atom is 0.307 e. The van der Waals surface area contributed by atoms with Crippen LogP contribution in [0.1, 0.15) is 55.6 Å². The number of carbonyl (C=O) groups is 1. The van der Waals surface area contributed by atoms with E-state index in [0.717, 1.165) is 43.4 Å². The summed E-state index contributed by atoms with van der Waals surface area (Å²) in [6.45, 7) is 2.11. The van der Waals surface area contributed by atoms with Crippen LogP contribution in [0.15, 0.2) is 59.8 Å². The molecule has 1 aromatic rings. The molecular formula is C24H32N2O3S. The molecule has 4 atom stereocenters. The number of rotatable bonds is 8. The number of aryl methyl sites for hydroxylation is 1. The molecule has 0 amide bonds. The molecule has 0 saturated heterocycles. The first-order chi connectivity index (χ1) is 14.5. The highest BCUT2D eigenvalue weighted by molar-refractivity contribution is 7.83. The van der Waals surface area contributed by atoms with Crippen LogP contribution in [0.3, 0.4) is 0 Å². The summed E-state index contributed by atoms with van der Waals surface area (Å²) in [6.07, 6.45) is 12.5. The maximum absolute atomic E-state index is 13.1. The molecule has 3 N–H and O–H groups in total. The molecule has 6 heteroatoms. The Kier molecular flexibility index (Phi) is 8.05. The van der Waals surface area contributed by atoms with E-state index in [2.05, 4.69) is 53.4 Å². The minimum absolute atomic E-state index is 0.00438. The van der Waals surface area contributed by atoms with Crippen molar-refractivity contribution in [2.24, 2.45) is 0 Å². The van der Waals surface area contributed by atoms with Crippen LogP contribution in [0, 0.1) is 6.92 Å². The number of carboxylic acid groups (broad SMARTS) is 1. The van der Waals surface area contributed by atoms with Crippen LogP contribution in [-0.4, -0.2) is 33.6 Å². The first kappa shape index (κ1) is 22.5. The molecule has 2 aliphatic carbocycles. The number of carboxylic acids is 1. The minimum Gasteiger partial charge on any atom is -0.481 e. The maximum atomic E-state index is 13.1. The summed E-state index contributed by atoms with van der Waals surface area (Å²) in [5.74, 6) is -0.463. The van der Waals surface area contributed by atoms with Crippen LogP contribution in [0.2, 0.25) is 0 Å². The molecule has 0 heterocycles. The zero-order valence-electron chi connectivity index (χ0n) is 17.8. The van der Waals surface area contributed by atoms with Crippen molar-refractivity contribution in [2.75, 3.05) is 7.05 Å². The largest absolute Gasteiger partial charge is 0.481 e.